The van der Waals surface area contributed by atoms with Crippen LogP contribution in [0, 0.1) is 0 Å². The van der Waals surface area contributed by atoms with Crippen LogP contribution in [-0.2, 0) is 22.9 Å². The van der Waals surface area contributed by atoms with Crippen LogP contribution < -0.4 is 0 Å². The maximum atomic E-state index is 8.74. The maximum absolute atomic E-state index is 8.74. The van der Waals surface area contributed by atoms with Crippen molar-refractivity contribution in [3.05, 3.63) is 0 Å². The third-order valence-electron chi connectivity index (χ3n) is 1.13. The predicted octanol–water partition coefficient (Wildman–Crippen LogP) is -3.21. The first kappa shape index (κ1) is 14.3. The second kappa shape index (κ2) is 5.99. The SMILES string of the molecule is Cl.OB1OB2OB(O)OB(O1)O2.[NaH]. The van der Waals surface area contributed by atoms with E-state index in [0.717, 1.165) is 0 Å². The molecule has 2 aliphatic heterocycles. The first-order valence-electron chi connectivity index (χ1n) is 2.87. The quantitative estimate of drug-likeness (QED) is 0.413. The van der Waals surface area contributed by atoms with Crippen LogP contribution in [0.5, 0.6) is 0 Å². The Morgan fingerprint density at radius 1 is 0.692 bits per heavy atom. The number of halogens is 1. The number of rotatable bonds is 0. The van der Waals surface area contributed by atoms with E-state index in [-0.39, 0.29) is 42.0 Å². The average molecular weight is 218 g/mol. The van der Waals surface area contributed by atoms with Gasteiger partial charge in [0.05, 0.1) is 0 Å². The molecule has 2 N–H and O–H groups in total. The zero-order chi connectivity index (χ0) is 7.84. The van der Waals surface area contributed by atoms with Crippen molar-refractivity contribution < 1.29 is 32.9 Å². The molecule has 0 aromatic rings. The molecule has 0 aromatic heterocycles. The van der Waals surface area contributed by atoms with Crippen LogP contribution in [0.3, 0.4) is 0 Å². The molecule has 0 aliphatic carbocycles. The van der Waals surface area contributed by atoms with Crippen LogP contribution in [0.25, 0.3) is 0 Å². The van der Waals surface area contributed by atoms with Crippen LogP contribution in [0.4, 0.5) is 0 Å². The first-order chi connectivity index (χ1) is 5.24. The molecular weight excluding hydrogens is 214 g/mol. The van der Waals surface area contributed by atoms with E-state index < -0.39 is 29.3 Å². The monoisotopic (exact) mass is 218 g/mol. The molecule has 2 bridgehead atoms. The Balaban J connectivity index is 0.000000720. The average Bonchev–Trinajstić information content (AvgIpc) is 1.82. The summed E-state index contributed by atoms with van der Waals surface area (Å²) in [5.74, 6) is 0. The summed E-state index contributed by atoms with van der Waals surface area (Å²) in [6.45, 7) is 0. The summed E-state index contributed by atoms with van der Waals surface area (Å²) in [5.41, 5.74) is 0. The molecule has 0 atom stereocenters. The second-order valence-electron chi connectivity index (χ2n) is 1.87. The van der Waals surface area contributed by atoms with Gasteiger partial charge in [-0.25, -0.2) is 0 Å². The first-order valence-corrected chi connectivity index (χ1v) is 2.87. The Hall–Kier alpha value is 1.27. The Bertz CT molecular complexity index is 126. The number of hydrogen-bond acceptors (Lipinski definition) is 7. The van der Waals surface area contributed by atoms with Gasteiger partial charge in [-0.1, -0.05) is 0 Å². The van der Waals surface area contributed by atoms with Gasteiger partial charge in [-0.15, -0.1) is 12.4 Å². The van der Waals surface area contributed by atoms with Gasteiger partial charge in [-0.3, -0.25) is 0 Å². The van der Waals surface area contributed by atoms with Crippen molar-refractivity contribution in [1.82, 2.24) is 0 Å². The molecule has 2 heterocycles. The molecule has 2 rings (SSSR count). The topological polar surface area (TPSA) is 86.6 Å². The zero-order valence-corrected chi connectivity index (χ0v) is 6.47. The van der Waals surface area contributed by atoms with Crippen molar-refractivity contribution in [2.45, 2.75) is 0 Å². The van der Waals surface area contributed by atoms with Crippen LogP contribution in [0.2, 0.25) is 0 Å². The summed E-state index contributed by atoms with van der Waals surface area (Å²) in [5, 5.41) is 17.5. The van der Waals surface area contributed by atoms with E-state index in [1.54, 1.807) is 0 Å². The van der Waals surface area contributed by atoms with Gasteiger partial charge in [0.2, 0.25) is 0 Å². The molecule has 66 valence electrons. The Morgan fingerprint density at radius 3 is 1.31 bits per heavy atom. The Morgan fingerprint density at radius 2 is 1.00 bits per heavy atom. The molecule has 0 radical (unpaired) electrons. The van der Waals surface area contributed by atoms with Crippen molar-refractivity contribution in [3.8, 4) is 0 Å². The van der Waals surface area contributed by atoms with Crippen molar-refractivity contribution in [1.29, 1.82) is 0 Å². The van der Waals surface area contributed by atoms with E-state index in [1.165, 1.54) is 0 Å². The summed E-state index contributed by atoms with van der Waals surface area (Å²) in [6.07, 6.45) is 0. The summed E-state index contributed by atoms with van der Waals surface area (Å²) < 4.78 is 22.6. The molecule has 13 heteroatoms. The third-order valence-corrected chi connectivity index (χ3v) is 1.13. The summed E-state index contributed by atoms with van der Waals surface area (Å²) in [7, 11) is -5.20. The van der Waals surface area contributed by atoms with E-state index in [4.69, 9.17) is 10.0 Å². The second-order valence-corrected chi connectivity index (χ2v) is 1.87. The Kier molecular flexibility index (Phi) is 6.57. The molecule has 0 unspecified atom stereocenters. The van der Waals surface area contributed by atoms with Crippen molar-refractivity contribution in [3.63, 3.8) is 0 Å². The van der Waals surface area contributed by atoms with Crippen LogP contribution in [0.1, 0.15) is 0 Å². The van der Waals surface area contributed by atoms with Gasteiger partial charge >= 0.3 is 58.8 Å². The molecule has 0 saturated carbocycles. The molecule has 13 heavy (non-hydrogen) atoms. The number of fused-ring (bicyclic) bond motifs is 2. The van der Waals surface area contributed by atoms with Gasteiger partial charge in [0.1, 0.15) is 0 Å². The molecule has 0 aromatic carbocycles. The minimum atomic E-state index is -1.45. The van der Waals surface area contributed by atoms with Crippen LogP contribution in [0.15, 0.2) is 0 Å². The van der Waals surface area contributed by atoms with E-state index in [2.05, 4.69) is 22.9 Å². The van der Waals surface area contributed by atoms with Gasteiger partial charge in [0.15, 0.2) is 0 Å². The Labute approximate surface area is 104 Å². The van der Waals surface area contributed by atoms with Crippen molar-refractivity contribution >= 4 is 71.2 Å². The molecule has 7 nitrogen and oxygen atoms in total. The molecule has 0 amide bonds. The zero-order valence-electron chi connectivity index (χ0n) is 5.65. The minimum absolute atomic E-state index is 0. The fourth-order valence-electron chi connectivity index (χ4n) is 0.728. The van der Waals surface area contributed by atoms with Gasteiger partial charge in [-0.2, -0.15) is 0 Å². The fraction of sp³-hybridized carbons (Fsp3) is 0. The predicted molar refractivity (Wildman–Crippen MR) is 47.3 cm³/mol. The van der Waals surface area contributed by atoms with Crippen LogP contribution >= 0.6 is 12.4 Å². The van der Waals surface area contributed by atoms with Gasteiger partial charge < -0.3 is 32.9 Å². The molecule has 2 aliphatic rings. The molecule has 2 fully saturated rings. The summed E-state index contributed by atoms with van der Waals surface area (Å²) >= 11 is 0. The normalized spacial score (nSPS) is 20.8. The van der Waals surface area contributed by atoms with Crippen LogP contribution in [-0.4, -0.2) is 68.9 Å². The molecule has 0 spiro atoms. The third kappa shape index (κ3) is 3.73. The van der Waals surface area contributed by atoms with Gasteiger partial charge in [0.25, 0.3) is 0 Å². The van der Waals surface area contributed by atoms with Crippen molar-refractivity contribution in [2.75, 3.05) is 0 Å². The van der Waals surface area contributed by atoms with Crippen molar-refractivity contribution in [2.24, 2.45) is 0 Å². The van der Waals surface area contributed by atoms with Gasteiger partial charge in [-0.05, 0) is 0 Å². The standard InChI is InChI=1S/B4H2O7.ClH.Na.H/c5-1-7-3-9-2(6)10-4(8-1)11-3;;;/h5-6H;1H;;. The molecule has 2 saturated heterocycles. The summed E-state index contributed by atoms with van der Waals surface area (Å²) in [6, 6.07) is 0. The van der Waals surface area contributed by atoms with Gasteiger partial charge in [0, 0.05) is 0 Å². The number of hydrogen-bond donors (Lipinski definition) is 2. The molecular formula is H4B4ClNaO7. The summed E-state index contributed by atoms with van der Waals surface area (Å²) in [4.78, 5) is 0. The van der Waals surface area contributed by atoms with E-state index in [9.17, 15) is 0 Å². The van der Waals surface area contributed by atoms with E-state index in [1.807, 2.05) is 0 Å². The van der Waals surface area contributed by atoms with E-state index >= 15 is 0 Å². The fourth-order valence-corrected chi connectivity index (χ4v) is 0.728. The van der Waals surface area contributed by atoms with E-state index in [0.29, 0.717) is 0 Å².